The van der Waals surface area contributed by atoms with Crippen LogP contribution in [0.15, 0.2) is 21.6 Å². The number of sulfonamides is 1. The Hall–Kier alpha value is -0.850. The predicted octanol–water partition coefficient (Wildman–Crippen LogP) is 2.59. The molecule has 21 heavy (non-hydrogen) atoms. The summed E-state index contributed by atoms with van der Waals surface area (Å²) >= 11 is 0. The lowest BCUT2D eigenvalue weighted by Gasteiger charge is -2.25. The van der Waals surface area contributed by atoms with Crippen LogP contribution in [0, 0.1) is 5.92 Å². The normalized spacial score (nSPS) is 20.5. The van der Waals surface area contributed by atoms with Crippen LogP contribution in [0.4, 0.5) is 0 Å². The number of hydrogen-bond acceptors (Lipinski definition) is 4. The number of nitrogens with one attached hydrogen (secondary N) is 1. The van der Waals surface area contributed by atoms with Crippen molar-refractivity contribution in [1.29, 1.82) is 0 Å². The molecule has 6 heteroatoms. The highest BCUT2D eigenvalue weighted by molar-refractivity contribution is 7.89. The third kappa shape index (κ3) is 3.67. The van der Waals surface area contributed by atoms with Gasteiger partial charge >= 0.3 is 0 Å². The van der Waals surface area contributed by atoms with Gasteiger partial charge in [0.15, 0.2) is 0 Å². The summed E-state index contributed by atoms with van der Waals surface area (Å²) in [6.07, 6.45) is 2.89. The summed E-state index contributed by atoms with van der Waals surface area (Å²) in [4.78, 5) is 0. The number of rotatable bonds is 7. The smallest absolute Gasteiger partial charge is 0.276 e. The molecule has 1 aliphatic rings. The molecule has 1 saturated heterocycles. The maximum absolute atomic E-state index is 12.7. The largest absolute Gasteiger partial charge is 0.447 e. The van der Waals surface area contributed by atoms with E-state index in [9.17, 15) is 8.42 Å². The minimum atomic E-state index is -3.50. The van der Waals surface area contributed by atoms with Crippen LogP contribution in [-0.2, 0) is 16.6 Å². The minimum absolute atomic E-state index is 0.0725. The quantitative estimate of drug-likeness (QED) is 0.786. The van der Waals surface area contributed by atoms with E-state index in [0.29, 0.717) is 24.8 Å². The third-order valence-corrected chi connectivity index (χ3v) is 5.74. The van der Waals surface area contributed by atoms with E-state index in [1.54, 1.807) is 16.4 Å². The maximum Gasteiger partial charge on any atom is 0.276 e. The molecule has 0 radical (unpaired) electrons. The van der Waals surface area contributed by atoms with Crippen molar-refractivity contribution in [1.82, 2.24) is 9.62 Å². The molecule has 0 bridgehead atoms. The lowest BCUT2D eigenvalue weighted by atomic mass is 10.0. The van der Waals surface area contributed by atoms with Crippen LogP contribution in [0.2, 0.25) is 0 Å². The van der Waals surface area contributed by atoms with Crippen LogP contribution in [0.5, 0.6) is 0 Å². The van der Waals surface area contributed by atoms with Gasteiger partial charge in [0.2, 0.25) is 5.09 Å². The van der Waals surface area contributed by atoms with Crippen LogP contribution in [0.1, 0.15) is 45.8 Å². The fourth-order valence-electron chi connectivity index (χ4n) is 2.83. The van der Waals surface area contributed by atoms with Gasteiger partial charge in [-0.25, -0.2) is 8.42 Å². The maximum atomic E-state index is 12.7. The summed E-state index contributed by atoms with van der Waals surface area (Å²) < 4.78 is 32.6. The van der Waals surface area contributed by atoms with E-state index in [0.717, 1.165) is 25.8 Å². The van der Waals surface area contributed by atoms with E-state index in [-0.39, 0.29) is 11.1 Å². The standard InChI is InChI=1S/C15H26N2O3S/c1-4-9-16-11-13-7-8-15(20-13)21(18,19)17-10-5-6-14(17)12(2)3/h7-8,12,14,16H,4-6,9-11H2,1-3H3. The molecule has 2 heterocycles. The molecule has 1 N–H and O–H groups in total. The van der Waals surface area contributed by atoms with Crippen molar-refractivity contribution in [2.24, 2.45) is 5.92 Å². The topological polar surface area (TPSA) is 62.6 Å². The molecule has 1 aromatic heterocycles. The zero-order valence-corrected chi connectivity index (χ0v) is 13.9. The van der Waals surface area contributed by atoms with Crippen LogP contribution in [0.3, 0.4) is 0 Å². The lowest BCUT2D eigenvalue weighted by molar-refractivity contribution is 0.303. The second kappa shape index (κ2) is 6.94. The molecule has 1 aromatic rings. The molecule has 0 saturated carbocycles. The van der Waals surface area contributed by atoms with Gasteiger partial charge in [0.25, 0.3) is 10.0 Å². The second-order valence-corrected chi connectivity index (χ2v) is 7.79. The molecule has 2 rings (SSSR count). The first kappa shape index (κ1) is 16.5. The molecule has 1 atom stereocenters. The van der Waals surface area contributed by atoms with E-state index in [1.165, 1.54) is 0 Å². The fraction of sp³-hybridized carbons (Fsp3) is 0.733. The van der Waals surface area contributed by atoms with Crippen molar-refractivity contribution in [3.05, 3.63) is 17.9 Å². The average Bonchev–Trinajstić information content (AvgIpc) is 3.08. The van der Waals surface area contributed by atoms with Crippen molar-refractivity contribution < 1.29 is 12.8 Å². The van der Waals surface area contributed by atoms with Gasteiger partial charge in [-0.2, -0.15) is 4.31 Å². The average molecular weight is 314 g/mol. The Balaban J connectivity index is 2.12. The van der Waals surface area contributed by atoms with Gasteiger partial charge in [-0.15, -0.1) is 0 Å². The highest BCUT2D eigenvalue weighted by Crippen LogP contribution is 2.30. The third-order valence-electron chi connectivity index (χ3n) is 3.94. The van der Waals surface area contributed by atoms with E-state index >= 15 is 0 Å². The van der Waals surface area contributed by atoms with Crippen LogP contribution < -0.4 is 5.32 Å². The summed E-state index contributed by atoms with van der Waals surface area (Å²) in [5, 5.41) is 3.28. The predicted molar refractivity (Wildman–Crippen MR) is 82.5 cm³/mol. The van der Waals surface area contributed by atoms with Gasteiger partial charge in [0.05, 0.1) is 6.54 Å². The van der Waals surface area contributed by atoms with E-state index in [4.69, 9.17) is 4.42 Å². The molecule has 0 aliphatic carbocycles. The SMILES string of the molecule is CCCNCc1ccc(S(=O)(=O)N2CCCC2C(C)C)o1. The summed E-state index contributed by atoms with van der Waals surface area (Å²) in [7, 11) is -3.50. The molecule has 1 aliphatic heterocycles. The number of hydrogen-bond donors (Lipinski definition) is 1. The second-order valence-electron chi connectivity index (χ2n) is 5.97. The highest BCUT2D eigenvalue weighted by atomic mass is 32.2. The molecule has 0 amide bonds. The summed E-state index contributed by atoms with van der Waals surface area (Å²) in [6, 6.07) is 3.41. The molecular weight excluding hydrogens is 288 g/mol. The monoisotopic (exact) mass is 314 g/mol. The van der Waals surface area contributed by atoms with Crippen molar-refractivity contribution in [3.8, 4) is 0 Å². The number of nitrogens with zero attached hydrogens (tertiary/aromatic N) is 1. The Morgan fingerprint density at radius 1 is 1.43 bits per heavy atom. The van der Waals surface area contributed by atoms with E-state index in [2.05, 4.69) is 26.1 Å². The van der Waals surface area contributed by atoms with Crippen molar-refractivity contribution in [2.45, 2.75) is 57.7 Å². The Bertz CT molecular complexity index is 551. The van der Waals surface area contributed by atoms with Crippen LogP contribution in [-0.4, -0.2) is 31.9 Å². The zero-order valence-electron chi connectivity index (χ0n) is 13.1. The van der Waals surface area contributed by atoms with Gasteiger partial charge in [-0.05, 0) is 43.9 Å². The van der Waals surface area contributed by atoms with Gasteiger partial charge < -0.3 is 9.73 Å². The van der Waals surface area contributed by atoms with Gasteiger partial charge in [-0.3, -0.25) is 0 Å². The molecule has 120 valence electrons. The Kier molecular flexibility index (Phi) is 5.46. The Labute approximate surface area is 127 Å². The molecule has 1 fully saturated rings. The summed E-state index contributed by atoms with van der Waals surface area (Å²) in [5.74, 6) is 0.991. The molecule has 1 unspecified atom stereocenters. The summed E-state index contributed by atoms with van der Waals surface area (Å²) in [5.41, 5.74) is 0. The van der Waals surface area contributed by atoms with Crippen molar-refractivity contribution in [3.63, 3.8) is 0 Å². The molecule has 0 spiro atoms. The fourth-order valence-corrected chi connectivity index (χ4v) is 4.58. The van der Waals surface area contributed by atoms with Crippen LogP contribution in [0.25, 0.3) is 0 Å². The van der Waals surface area contributed by atoms with Gasteiger partial charge in [-0.1, -0.05) is 20.8 Å². The van der Waals surface area contributed by atoms with Gasteiger partial charge in [0.1, 0.15) is 5.76 Å². The van der Waals surface area contributed by atoms with Crippen LogP contribution >= 0.6 is 0 Å². The first-order valence-electron chi connectivity index (χ1n) is 7.78. The Morgan fingerprint density at radius 3 is 2.86 bits per heavy atom. The van der Waals surface area contributed by atoms with E-state index in [1.807, 2.05) is 0 Å². The van der Waals surface area contributed by atoms with E-state index < -0.39 is 10.0 Å². The van der Waals surface area contributed by atoms with Gasteiger partial charge in [0, 0.05) is 12.6 Å². The van der Waals surface area contributed by atoms with Crippen molar-refractivity contribution in [2.75, 3.05) is 13.1 Å². The van der Waals surface area contributed by atoms with Crippen molar-refractivity contribution >= 4 is 10.0 Å². The first-order valence-corrected chi connectivity index (χ1v) is 9.22. The molecule has 5 nitrogen and oxygen atoms in total. The number of furan rings is 1. The Morgan fingerprint density at radius 2 is 2.19 bits per heavy atom. The molecule has 0 aromatic carbocycles. The minimum Gasteiger partial charge on any atom is -0.447 e. The zero-order chi connectivity index (χ0) is 15.5. The highest BCUT2D eigenvalue weighted by Gasteiger charge is 2.38. The molecular formula is C15H26N2O3S. The lowest BCUT2D eigenvalue weighted by Crippen LogP contribution is -2.38. The summed E-state index contributed by atoms with van der Waals surface area (Å²) in [6.45, 7) is 8.28. The first-order chi connectivity index (χ1) is 9.96.